The Morgan fingerprint density at radius 2 is 0.417 bits per heavy atom. The van der Waals surface area contributed by atoms with E-state index in [1.807, 2.05) is 47.0 Å². The standard InChI is InChI=1S/C40H72O4S4/c1-37(2,3)21-13-25-33(41)26(14-21)46-28-16-23(39(7,8)9)18-30(35(28)43)48-32-20-24(40(10,11)12)19-31(36(32)44)47-29-17-22(38(4,5)6)15-27(45-25)34(29)42/h21-36,41-44H,13-20H2,1-12H3. The fourth-order valence-corrected chi connectivity index (χ4v) is 17.3. The monoisotopic (exact) mass is 744 g/mol. The van der Waals surface area contributed by atoms with Crippen molar-refractivity contribution in [2.24, 2.45) is 45.3 Å². The number of thioether (sulfide) groups is 4. The number of hydrogen-bond donors (Lipinski definition) is 4. The van der Waals surface area contributed by atoms with Gasteiger partial charge in [-0.05, 0) is 96.7 Å². The molecule has 5 fully saturated rings. The molecule has 1 saturated heterocycles. The van der Waals surface area contributed by atoms with E-state index in [0.717, 1.165) is 51.4 Å². The van der Waals surface area contributed by atoms with E-state index in [4.69, 9.17) is 0 Å². The van der Waals surface area contributed by atoms with E-state index in [-0.39, 0.29) is 63.7 Å². The Morgan fingerprint density at radius 1 is 0.292 bits per heavy atom. The molecule has 5 aliphatic rings. The van der Waals surface area contributed by atoms with Gasteiger partial charge in [-0.2, -0.15) is 0 Å². The number of hydrogen-bond acceptors (Lipinski definition) is 8. The van der Waals surface area contributed by atoms with Crippen LogP contribution in [0.3, 0.4) is 0 Å². The van der Waals surface area contributed by atoms with Crippen LogP contribution in [0.25, 0.3) is 0 Å². The van der Waals surface area contributed by atoms with Gasteiger partial charge in [0.1, 0.15) is 0 Å². The van der Waals surface area contributed by atoms with Crippen LogP contribution in [0.1, 0.15) is 134 Å². The summed E-state index contributed by atoms with van der Waals surface area (Å²) in [6.45, 7) is 28.3. The summed E-state index contributed by atoms with van der Waals surface area (Å²) in [6.07, 6.45) is 5.95. The molecule has 8 unspecified atom stereocenters. The molecule has 0 aromatic rings. The lowest BCUT2D eigenvalue weighted by atomic mass is 9.71. The Balaban J connectivity index is 1.57. The third kappa shape index (κ3) is 9.12. The summed E-state index contributed by atoms with van der Waals surface area (Å²) >= 11 is 7.57. The Kier molecular flexibility index (Phi) is 12.5. The van der Waals surface area contributed by atoms with Crippen molar-refractivity contribution in [3.05, 3.63) is 0 Å². The third-order valence-corrected chi connectivity index (χ3v) is 20.0. The van der Waals surface area contributed by atoms with Crippen molar-refractivity contribution < 1.29 is 20.4 Å². The molecule has 8 heteroatoms. The molecule has 4 aliphatic carbocycles. The van der Waals surface area contributed by atoms with Gasteiger partial charge in [0.25, 0.3) is 0 Å². The maximum atomic E-state index is 12.2. The Morgan fingerprint density at radius 3 is 0.521 bits per heavy atom. The maximum absolute atomic E-state index is 12.2. The Labute approximate surface area is 312 Å². The third-order valence-electron chi connectivity index (χ3n) is 13.5. The zero-order valence-electron chi connectivity index (χ0n) is 32.3. The highest BCUT2D eigenvalue weighted by Crippen LogP contribution is 2.56. The summed E-state index contributed by atoms with van der Waals surface area (Å²) in [5.41, 5.74) is 0.519. The lowest BCUT2D eigenvalue weighted by Gasteiger charge is -2.52. The lowest BCUT2D eigenvalue weighted by Crippen LogP contribution is -2.53. The van der Waals surface area contributed by atoms with Crippen molar-refractivity contribution in [2.45, 2.75) is 201 Å². The van der Waals surface area contributed by atoms with E-state index in [1.165, 1.54) is 0 Å². The highest BCUT2D eigenvalue weighted by atomic mass is 32.2. The van der Waals surface area contributed by atoms with Gasteiger partial charge in [-0.1, -0.05) is 83.1 Å². The van der Waals surface area contributed by atoms with Crippen LogP contribution in [-0.2, 0) is 0 Å². The number of aliphatic hydroxyl groups excluding tert-OH is 4. The van der Waals surface area contributed by atoms with Gasteiger partial charge in [0.05, 0.1) is 24.4 Å². The molecular weight excluding hydrogens is 673 g/mol. The summed E-state index contributed by atoms with van der Waals surface area (Å²) in [4.78, 5) is 0. The first-order valence-electron chi connectivity index (χ1n) is 19.3. The molecule has 8 atom stereocenters. The number of fused-ring (bicyclic) bond motifs is 8. The second kappa shape index (κ2) is 14.8. The van der Waals surface area contributed by atoms with Crippen molar-refractivity contribution in [2.75, 3.05) is 0 Å². The normalized spacial score (nSPS) is 47.0. The highest BCUT2D eigenvalue weighted by molar-refractivity contribution is 8.02. The van der Waals surface area contributed by atoms with Crippen LogP contribution in [0.15, 0.2) is 0 Å². The average Bonchev–Trinajstić information content (AvgIpc) is 2.93. The Bertz CT molecular complexity index is 859. The molecular formula is C40H72O4S4. The zero-order valence-corrected chi connectivity index (χ0v) is 35.6. The molecule has 1 heterocycles. The molecule has 0 aromatic heterocycles. The molecule has 0 spiro atoms. The van der Waals surface area contributed by atoms with Gasteiger partial charge < -0.3 is 20.4 Å². The van der Waals surface area contributed by atoms with Crippen LogP contribution in [0, 0.1) is 45.3 Å². The fraction of sp³-hybridized carbons (Fsp3) is 1.00. The van der Waals surface area contributed by atoms with Crippen molar-refractivity contribution in [1.82, 2.24) is 0 Å². The summed E-state index contributed by atoms with van der Waals surface area (Å²) in [6, 6.07) is 0. The summed E-state index contributed by atoms with van der Waals surface area (Å²) in [5, 5.41) is 49.4. The second-order valence-corrected chi connectivity index (χ2v) is 26.9. The molecule has 280 valence electrons. The number of aliphatic hydroxyl groups is 4. The van der Waals surface area contributed by atoms with E-state index in [0.29, 0.717) is 23.7 Å². The lowest BCUT2D eigenvalue weighted by molar-refractivity contribution is 0.0676. The largest absolute Gasteiger partial charge is 0.391 e. The first-order chi connectivity index (χ1) is 21.9. The minimum atomic E-state index is -0.457. The molecule has 4 N–H and O–H groups in total. The van der Waals surface area contributed by atoms with Crippen molar-refractivity contribution in [3.63, 3.8) is 0 Å². The van der Waals surface area contributed by atoms with Crippen LogP contribution in [0.5, 0.6) is 0 Å². The average molecular weight is 745 g/mol. The van der Waals surface area contributed by atoms with Gasteiger partial charge in [-0.3, -0.25) is 0 Å². The predicted octanol–water partition coefficient (Wildman–Crippen LogP) is 9.15. The fourth-order valence-electron chi connectivity index (χ4n) is 9.52. The molecule has 0 amide bonds. The molecule has 0 aromatic carbocycles. The zero-order chi connectivity index (χ0) is 35.7. The van der Waals surface area contributed by atoms with E-state index in [1.54, 1.807) is 0 Å². The first-order valence-corrected chi connectivity index (χ1v) is 23.0. The minimum Gasteiger partial charge on any atom is -0.391 e. The molecule has 4 nitrogen and oxygen atoms in total. The first kappa shape index (κ1) is 40.4. The maximum Gasteiger partial charge on any atom is 0.0777 e. The van der Waals surface area contributed by atoms with Crippen LogP contribution in [0.4, 0.5) is 0 Å². The van der Waals surface area contributed by atoms with Crippen LogP contribution in [0.2, 0.25) is 0 Å². The van der Waals surface area contributed by atoms with E-state index >= 15 is 0 Å². The smallest absolute Gasteiger partial charge is 0.0777 e. The molecule has 8 bridgehead atoms. The van der Waals surface area contributed by atoms with Gasteiger partial charge in [-0.25, -0.2) is 0 Å². The predicted molar refractivity (Wildman–Crippen MR) is 213 cm³/mol. The number of rotatable bonds is 0. The van der Waals surface area contributed by atoms with Gasteiger partial charge in [0, 0.05) is 42.0 Å². The molecule has 4 saturated carbocycles. The van der Waals surface area contributed by atoms with Gasteiger partial charge in [0.2, 0.25) is 0 Å². The molecule has 0 radical (unpaired) electrons. The van der Waals surface area contributed by atoms with E-state index < -0.39 is 24.4 Å². The van der Waals surface area contributed by atoms with E-state index in [9.17, 15) is 20.4 Å². The molecule has 5 rings (SSSR count). The van der Waals surface area contributed by atoms with Crippen molar-refractivity contribution >= 4 is 47.0 Å². The SMILES string of the molecule is CC(C)(C)C1CC2SC3CC(C(C)(C)C)CC(SC4CC(C(C)(C)C)CC(SC5CC(C(C)(C)C)CC(SC(C1)C2O)C5O)C4O)C3O. The Hall–Kier alpha value is 1.24. The second-order valence-electron chi connectivity index (χ2n) is 21.0. The van der Waals surface area contributed by atoms with Crippen LogP contribution >= 0.6 is 47.0 Å². The van der Waals surface area contributed by atoms with Crippen LogP contribution < -0.4 is 0 Å². The van der Waals surface area contributed by atoms with Gasteiger partial charge in [-0.15, -0.1) is 47.0 Å². The summed E-state index contributed by atoms with van der Waals surface area (Å²) < 4.78 is 0. The van der Waals surface area contributed by atoms with E-state index in [2.05, 4.69) is 83.1 Å². The highest BCUT2D eigenvalue weighted by Gasteiger charge is 2.52. The van der Waals surface area contributed by atoms with Gasteiger partial charge >= 0.3 is 0 Å². The minimum absolute atomic E-state index is 0.0663. The topological polar surface area (TPSA) is 80.9 Å². The van der Waals surface area contributed by atoms with Gasteiger partial charge in [0.15, 0.2) is 0 Å². The van der Waals surface area contributed by atoms with Crippen LogP contribution in [-0.4, -0.2) is 86.8 Å². The summed E-state index contributed by atoms with van der Waals surface area (Å²) in [7, 11) is 0. The molecule has 48 heavy (non-hydrogen) atoms. The quantitative estimate of drug-likeness (QED) is 0.196. The van der Waals surface area contributed by atoms with Crippen molar-refractivity contribution in [1.29, 1.82) is 0 Å². The molecule has 1 aliphatic heterocycles. The van der Waals surface area contributed by atoms with Crippen molar-refractivity contribution in [3.8, 4) is 0 Å². The summed E-state index contributed by atoms with van der Waals surface area (Å²) in [5.74, 6) is 1.92.